The van der Waals surface area contributed by atoms with Crippen molar-refractivity contribution in [2.24, 2.45) is 5.92 Å². The van der Waals surface area contributed by atoms with Crippen molar-refractivity contribution in [3.63, 3.8) is 0 Å². The Labute approximate surface area is 117 Å². The average Bonchev–Trinajstić information content (AvgIpc) is 2.42. The van der Waals surface area contributed by atoms with Gasteiger partial charge in [-0.25, -0.2) is 0 Å². The second kappa shape index (κ2) is 9.32. The zero-order valence-corrected chi connectivity index (χ0v) is 12.8. The Balaban J connectivity index is 2.47. The van der Waals surface area contributed by atoms with Gasteiger partial charge < -0.3 is 15.0 Å². The summed E-state index contributed by atoms with van der Waals surface area (Å²) in [7, 11) is 1.48. The van der Waals surface area contributed by atoms with Crippen molar-refractivity contribution in [1.82, 2.24) is 10.2 Å². The summed E-state index contributed by atoms with van der Waals surface area (Å²) in [6.45, 7) is 8.80. The Morgan fingerprint density at radius 2 is 2.11 bits per heavy atom. The number of carbonyl (C=O) groups is 1. The maximum atomic E-state index is 11.5. The van der Waals surface area contributed by atoms with Crippen LogP contribution in [0.1, 0.15) is 46.0 Å². The topological polar surface area (TPSA) is 41.6 Å². The molecule has 1 heterocycles. The molecule has 112 valence electrons. The first-order chi connectivity index (χ1) is 9.19. The van der Waals surface area contributed by atoms with Gasteiger partial charge in [0.25, 0.3) is 0 Å². The van der Waals surface area contributed by atoms with E-state index >= 15 is 0 Å². The van der Waals surface area contributed by atoms with E-state index in [2.05, 4.69) is 24.1 Å². The van der Waals surface area contributed by atoms with Crippen LogP contribution < -0.4 is 5.32 Å². The SMILES string of the molecule is CCCCN1CC(CC(=O)OC)CC(NCCC)C1. The summed E-state index contributed by atoms with van der Waals surface area (Å²) >= 11 is 0. The molecule has 1 rings (SSSR count). The number of esters is 1. The van der Waals surface area contributed by atoms with Gasteiger partial charge in [-0.3, -0.25) is 4.79 Å². The molecule has 0 aromatic rings. The summed E-state index contributed by atoms with van der Waals surface area (Å²) in [6.07, 6.45) is 5.28. The first-order valence-corrected chi connectivity index (χ1v) is 7.72. The molecule has 1 aliphatic heterocycles. The van der Waals surface area contributed by atoms with Gasteiger partial charge in [0, 0.05) is 25.6 Å². The van der Waals surface area contributed by atoms with Gasteiger partial charge in [0.1, 0.15) is 0 Å². The lowest BCUT2D eigenvalue weighted by Crippen LogP contribution is -2.50. The minimum absolute atomic E-state index is 0.0726. The molecule has 2 unspecified atom stereocenters. The molecule has 2 atom stereocenters. The normalized spacial score (nSPS) is 24.4. The van der Waals surface area contributed by atoms with Crippen molar-refractivity contribution >= 4 is 5.97 Å². The maximum Gasteiger partial charge on any atom is 0.305 e. The third-order valence-electron chi connectivity index (χ3n) is 3.81. The number of piperidine rings is 1. The molecule has 1 aliphatic rings. The van der Waals surface area contributed by atoms with Crippen molar-refractivity contribution in [2.45, 2.75) is 52.0 Å². The maximum absolute atomic E-state index is 11.5. The molecule has 1 N–H and O–H groups in total. The molecule has 0 radical (unpaired) electrons. The van der Waals surface area contributed by atoms with E-state index in [4.69, 9.17) is 4.74 Å². The summed E-state index contributed by atoms with van der Waals surface area (Å²) in [6, 6.07) is 0.528. The second-order valence-electron chi connectivity index (χ2n) is 5.65. The first kappa shape index (κ1) is 16.4. The second-order valence-corrected chi connectivity index (χ2v) is 5.65. The van der Waals surface area contributed by atoms with Crippen LogP contribution in [0.4, 0.5) is 0 Å². The van der Waals surface area contributed by atoms with Gasteiger partial charge in [0.2, 0.25) is 0 Å². The van der Waals surface area contributed by atoms with Gasteiger partial charge >= 0.3 is 5.97 Å². The number of carbonyl (C=O) groups excluding carboxylic acids is 1. The highest BCUT2D eigenvalue weighted by molar-refractivity contribution is 5.69. The molecule has 0 aromatic carbocycles. The van der Waals surface area contributed by atoms with Gasteiger partial charge in [-0.1, -0.05) is 20.3 Å². The lowest BCUT2D eigenvalue weighted by molar-refractivity contribution is -0.142. The lowest BCUT2D eigenvalue weighted by Gasteiger charge is -2.38. The molecule has 1 fully saturated rings. The molecule has 4 nitrogen and oxygen atoms in total. The molecule has 0 spiro atoms. The van der Waals surface area contributed by atoms with Crippen LogP contribution in [-0.2, 0) is 9.53 Å². The molecule has 1 saturated heterocycles. The predicted molar refractivity (Wildman–Crippen MR) is 78.2 cm³/mol. The van der Waals surface area contributed by atoms with Gasteiger partial charge in [-0.15, -0.1) is 0 Å². The number of nitrogens with zero attached hydrogens (tertiary/aromatic N) is 1. The number of rotatable bonds is 8. The first-order valence-electron chi connectivity index (χ1n) is 7.72. The quantitative estimate of drug-likeness (QED) is 0.685. The van der Waals surface area contributed by atoms with Crippen LogP contribution in [0.5, 0.6) is 0 Å². The summed E-state index contributed by atoms with van der Waals surface area (Å²) < 4.78 is 4.81. The van der Waals surface area contributed by atoms with E-state index in [1.807, 2.05) is 0 Å². The van der Waals surface area contributed by atoms with Crippen LogP contribution in [0.2, 0.25) is 0 Å². The standard InChI is InChI=1S/C15H30N2O2/c1-4-6-8-17-11-13(10-15(18)19-3)9-14(12-17)16-7-5-2/h13-14,16H,4-12H2,1-3H3. The Kier molecular flexibility index (Phi) is 8.07. The highest BCUT2D eigenvalue weighted by Gasteiger charge is 2.28. The number of unbranched alkanes of at least 4 members (excludes halogenated alkanes) is 1. The Morgan fingerprint density at radius 1 is 1.32 bits per heavy atom. The Bertz CT molecular complexity index is 243. The van der Waals surface area contributed by atoms with E-state index in [9.17, 15) is 4.79 Å². The van der Waals surface area contributed by atoms with Crippen molar-refractivity contribution in [2.75, 3.05) is 33.3 Å². The third kappa shape index (κ3) is 6.39. The van der Waals surface area contributed by atoms with E-state index in [0.29, 0.717) is 18.4 Å². The molecule has 0 saturated carbocycles. The highest BCUT2D eigenvalue weighted by Crippen LogP contribution is 2.21. The molecular formula is C15H30N2O2. The van der Waals surface area contributed by atoms with E-state index < -0.39 is 0 Å². The molecule has 0 bridgehead atoms. The number of methoxy groups -OCH3 is 1. The zero-order valence-electron chi connectivity index (χ0n) is 12.8. The van der Waals surface area contributed by atoms with Crippen molar-refractivity contribution in [3.8, 4) is 0 Å². The van der Waals surface area contributed by atoms with Crippen LogP contribution in [0, 0.1) is 5.92 Å². The van der Waals surface area contributed by atoms with E-state index in [1.165, 1.54) is 20.0 Å². The summed E-state index contributed by atoms with van der Waals surface area (Å²) in [5.74, 6) is 0.365. The fourth-order valence-corrected chi connectivity index (χ4v) is 2.83. The predicted octanol–water partition coefficient (Wildman–Crippen LogP) is 2.04. The van der Waals surface area contributed by atoms with Crippen molar-refractivity contribution in [3.05, 3.63) is 0 Å². The van der Waals surface area contributed by atoms with Crippen LogP contribution in [0.15, 0.2) is 0 Å². The van der Waals surface area contributed by atoms with Gasteiger partial charge in [-0.2, -0.15) is 0 Å². The lowest BCUT2D eigenvalue weighted by atomic mass is 9.91. The van der Waals surface area contributed by atoms with Crippen LogP contribution in [0.25, 0.3) is 0 Å². The number of nitrogens with one attached hydrogen (secondary N) is 1. The highest BCUT2D eigenvalue weighted by atomic mass is 16.5. The zero-order chi connectivity index (χ0) is 14.1. The molecule has 19 heavy (non-hydrogen) atoms. The van der Waals surface area contributed by atoms with Crippen molar-refractivity contribution < 1.29 is 9.53 Å². The minimum atomic E-state index is -0.0726. The smallest absolute Gasteiger partial charge is 0.305 e. The molecule has 0 aliphatic carbocycles. The number of likely N-dealkylation sites (tertiary alicyclic amines) is 1. The molecule has 0 amide bonds. The third-order valence-corrected chi connectivity index (χ3v) is 3.81. The van der Waals surface area contributed by atoms with Gasteiger partial charge in [-0.05, 0) is 38.3 Å². The number of hydrogen-bond acceptors (Lipinski definition) is 4. The Morgan fingerprint density at radius 3 is 2.74 bits per heavy atom. The van der Waals surface area contributed by atoms with E-state index in [-0.39, 0.29) is 5.97 Å². The summed E-state index contributed by atoms with van der Waals surface area (Å²) in [5.41, 5.74) is 0. The largest absolute Gasteiger partial charge is 0.469 e. The van der Waals surface area contributed by atoms with Crippen molar-refractivity contribution in [1.29, 1.82) is 0 Å². The van der Waals surface area contributed by atoms with E-state index in [0.717, 1.165) is 39.0 Å². The molecule has 4 heteroatoms. The molecule has 0 aromatic heterocycles. The Hall–Kier alpha value is -0.610. The summed E-state index contributed by atoms with van der Waals surface area (Å²) in [5, 5.41) is 3.61. The van der Waals surface area contributed by atoms with Gasteiger partial charge in [0.15, 0.2) is 0 Å². The van der Waals surface area contributed by atoms with E-state index in [1.54, 1.807) is 0 Å². The summed E-state index contributed by atoms with van der Waals surface area (Å²) in [4.78, 5) is 14.0. The number of hydrogen-bond donors (Lipinski definition) is 1. The minimum Gasteiger partial charge on any atom is -0.469 e. The van der Waals surface area contributed by atoms with Crippen LogP contribution >= 0.6 is 0 Å². The van der Waals surface area contributed by atoms with Crippen LogP contribution in [0.3, 0.4) is 0 Å². The monoisotopic (exact) mass is 270 g/mol. The molecular weight excluding hydrogens is 240 g/mol. The van der Waals surface area contributed by atoms with Crippen LogP contribution in [-0.4, -0.2) is 50.2 Å². The van der Waals surface area contributed by atoms with Gasteiger partial charge in [0.05, 0.1) is 7.11 Å². The number of ether oxygens (including phenoxy) is 1. The average molecular weight is 270 g/mol. The fourth-order valence-electron chi connectivity index (χ4n) is 2.83. The fraction of sp³-hybridized carbons (Fsp3) is 0.933.